The van der Waals surface area contributed by atoms with Gasteiger partial charge in [0.25, 0.3) is 5.91 Å². The largest absolute Gasteiger partial charge is 0.346 e. The molecule has 1 heterocycles. The summed E-state index contributed by atoms with van der Waals surface area (Å²) in [5, 5.41) is 4.14. The molecule has 0 unspecified atom stereocenters. The minimum atomic E-state index is -0.597. The Bertz CT molecular complexity index is 638. The molecule has 0 aliphatic heterocycles. The van der Waals surface area contributed by atoms with Crippen molar-refractivity contribution in [1.29, 1.82) is 0 Å². The number of amides is 1. The second-order valence-electron chi connectivity index (χ2n) is 3.48. The summed E-state index contributed by atoms with van der Waals surface area (Å²) >= 11 is 4.13. The molecular formula is C11H8BrFN2O2S. The highest BCUT2D eigenvalue weighted by atomic mass is 79.9. The van der Waals surface area contributed by atoms with E-state index in [1.807, 2.05) is 0 Å². The number of hydrogen-bond donors (Lipinski definition) is 2. The minimum Gasteiger partial charge on any atom is -0.346 e. The lowest BCUT2D eigenvalue weighted by molar-refractivity contribution is 0.0946. The predicted molar refractivity (Wildman–Crippen MR) is 70.2 cm³/mol. The van der Waals surface area contributed by atoms with Gasteiger partial charge in [-0.05, 0) is 18.2 Å². The van der Waals surface area contributed by atoms with E-state index in [9.17, 15) is 14.0 Å². The number of H-pyrrole nitrogens is 1. The Kier molecular flexibility index (Phi) is 3.93. The molecule has 0 aliphatic carbocycles. The molecule has 0 radical (unpaired) electrons. The van der Waals surface area contributed by atoms with E-state index in [1.54, 1.807) is 11.4 Å². The van der Waals surface area contributed by atoms with Gasteiger partial charge in [-0.25, -0.2) is 4.39 Å². The fourth-order valence-electron chi connectivity index (χ4n) is 1.34. The Morgan fingerprint density at radius 3 is 2.89 bits per heavy atom. The zero-order valence-electron chi connectivity index (χ0n) is 9.00. The Hall–Kier alpha value is -1.47. The van der Waals surface area contributed by atoms with Crippen molar-refractivity contribution in [3.63, 3.8) is 0 Å². The highest BCUT2D eigenvalue weighted by molar-refractivity contribution is 9.10. The number of carbonyl (C=O) groups is 1. The van der Waals surface area contributed by atoms with Gasteiger partial charge in [-0.1, -0.05) is 27.3 Å². The van der Waals surface area contributed by atoms with Crippen LogP contribution < -0.4 is 10.2 Å². The van der Waals surface area contributed by atoms with Gasteiger partial charge in [0.1, 0.15) is 5.82 Å². The van der Waals surface area contributed by atoms with Crippen LogP contribution in [0.5, 0.6) is 0 Å². The topological polar surface area (TPSA) is 62.0 Å². The fourth-order valence-corrected chi connectivity index (χ4v) is 2.26. The van der Waals surface area contributed by atoms with Gasteiger partial charge in [0.05, 0.1) is 12.1 Å². The number of halogens is 2. The van der Waals surface area contributed by atoms with E-state index in [0.29, 0.717) is 10.2 Å². The van der Waals surface area contributed by atoms with Gasteiger partial charge in [0.2, 0.25) is 0 Å². The summed E-state index contributed by atoms with van der Waals surface area (Å²) in [4.78, 5) is 25.0. The molecule has 2 N–H and O–H groups in total. The van der Waals surface area contributed by atoms with Crippen LogP contribution in [0.4, 0.5) is 4.39 Å². The second kappa shape index (κ2) is 5.45. The third-order valence-electron chi connectivity index (χ3n) is 2.19. The summed E-state index contributed by atoms with van der Waals surface area (Å²) < 4.78 is 14.1. The Labute approximate surface area is 114 Å². The lowest BCUT2D eigenvalue weighted by Crippen LogP contribution is -2.24. The monoisotopic (exact) mass is 330 g/mol. The molecular weight excluding hydrogens is 323 g/mol. The van der Waals surface area contributed by atoms with Crippen LogP contribution >= 0.6 is 27.3 Å². The van der Waals surface area contributed by atoms with Crippen LogP contribution in [0.25, 0.3) is 0 Å². The van der Waals surface area contributed by atoms with Crippen LogP contribution in [0.15, 0.2) is 32.8 Å². The third kappa shape index (κ3) is 3.05. The number of nitrogens with one attached hydrogen (secondary N) is 2. The average Bonchev–Trinajstić information content (AvgIpc) is 2.72. The van der Waals surface area contributed by atoms with Crippen molar-refractivity contribution >= 4 is 33.2 Å². The van der Waals surface area contributed by atoms with Crippen molar-refractivity contribution in [1.82, 2.24) is 10.3 Å². The number of carbonyl (C=O) groups excluding carboxylic acids is 1. The first-order chi connectivity index (χ1) is 8.56. The summed E-state index contributed by atoms with van der Waals surface area (Å²) in [6.45, 7) is 0.160. The number of aromatic nitrogens is 1. The maximum atomic E-state index is 13.5. The number of rotatable bonds is 3. The van der Waals surface area contributed by atoms with Gasteiger partial charge in [0.15, 0.2) is 0 Å². The number of aromatic amines is 1. The Balaban J connectivity index is 2.06. The van der Waals surface area contributed by atoms with E-state index in [4.69, 9.17) is 0 Å². The average molecular weight is 331 g/mol. The van der Waals surface area contributed by atoms with Crippen molar-refractivity contribution in [3.05, 3.63) is 54.8 Å². The smallest absolute Gasteiger partial charge is 0.304 e. The molecule has 18 heavy (non-hydrogen) atoms. The number of thiazole rings is 1. The first kappa shape index (κ1) is 13.0. The molecule has 0 saturated carbocycles. The van der Waals surface area contributed by atoms with E-state index in [0.717, 1.165) is 11.3 Å². The molecule has 0 spiro atoms. The first-order valence-electron chi connectivity index (χ1n) is 4.96. The van der Waals surface area contributed by atoms with Crippen molar-refractivity contribution in [2.75, 3.05) is 0 Å². The van der Waals surface area contributed by atoms with Gasteiger partial charge in [0, 0.05) is 15.5 Å². The van der Waals surface area contributed by atoms with Crippen molar-refractivity contribution in [2.24, 2.45) is 0 Å². The van der Waals surface area contributed by atoms with E-state index in [1.165, 1.54) is 12.1 Å². The number of hydrogen-bond acceptors (Lipinski definition) is 3. The van der Waals surface area contributed by atoms with Crippen LogP contribution in [0.1, 0.15) is 16.1 Å². The maximum absolute atomic E-state index is 13.5. The van der Waals surface area contributed by atoms with Crippen LogP contribution in [0.3, 0.4) is 0 Å². The van der Waals surface area contributed by atoms with Crippen molar-refractivity contribution < 1.29 is 9.18 Å². The van der Waals surface area contributed by atoms with Crippen molar-refractivity contribution in [2.45, 2.75) is 6.54 Å². The molecule has 1 amide bonds. The molecule has 7 heteroatoms. The molecule has 0 aliphatic rings. The Morgan fingerprint density at radius 1 is 1.50 bits per heavy atom. The van der Waals surface area contributed by atoms with E-state index in [-0.39, 0.29) is 17.0 Å². The molecule has 4 nitrogen and oxygen atoms in total. The van der Waals surface area contributed by atoms with E-state index < -0.39 is 11.7 Å². The van der Waals surface area contributed by atoms with E-state index in [2.05, 4.69) is 26.2 Å². The van der Waals surface area contributed by atoms with E-state index >= 15 is 0 Å². The van der Waals surface area contributed by atoms with Gasteiger partial charge in [-0.15, -0.1) is 0 Å². The van der Waals surface area contributed by atoms with Crippen LogP contribution in [-0.4, -0.2) is 10.9 Å². The minimum absolute atomic E-state index is 0.0317. The van der Waals surface area contributed by atoms with Crippen LogP contribution in [0, 0.1) is 5.82 Å². The summed E-state index contributed by atoms with van der Waals surface area (Å²) in [5.41, 5.74) is 0.562. The van der Waals surface area contributed by atoms with Gasteiger partial charge >= 0.3 is 4.87 Å². The molecule has 2 rings (SSSR count). The van der Waals surface area contributed by atoms with Gasteiger partial charge < -0.3 is 10.3 Å². The zero-order valence-corrected chi connectivity index (χ0v) is 11.4. The predicted octanol–water partition coefficient (Wildman–Crippen LogP) is 2.27. The zero-order chi connectivity index (χ0) is 13.1. The molecule has 0 atom stereocenters. The normalized spacial score (nSPS) is 10.3. The molecule has 0 fully saturated rings. The Morgan fingerprint density at radius 2 is 2.28 bits per heavy atom. The standard InChI is InChI=1S/C11H8BrFN2O2S/c12-6-1-2-8(9(13)3-6)10(16)14-4-7-5-18-11(17)15-7/h1-3,5H,4H2,(H,14,16)(H,15,17). The maximum Gasteiger partial charge on any atom is 0.304 e. The SMILES string of the molecule is O=C(NCc1csc(=O)[nH]1)c1ccc(Br)cc1F. The van der Waals surface area contributed by atoms with Crippen LogP contribution in [0.2, 0.25) is 0 Å². The van der Waals surface area contributed by atoms with Crippen LogP contribution in [-0.2, 0) is 6.54 Å². The quantitative estimate of drug-likeness (QED) is 0.906. The summed E-state index contributed by atoms with van der Waals surface area (Å²) in [7, 11) is 0. The summed E-state index contributed by atoms with van der Waals surface area (Å²) in [6, 6.07) is 4.21. The lowest BCUT2D eigenvalue weighted by Gasteiger charge is -2.05. The molecule has 94 valence electrons. The fraction of sp³-hybridized carbons (Fsp3) is 0.0909. The molecule has 1 aromatic heterocycles. The molecule has 0 saturated heterocycles. The third-order valence-corrected chi connectivity index (χ3v) is 3.40. The molecule has 2 aromatic rings. The number of benzene rings is 1. The molecule has 1 aromatic carbocycles. The summed E-state index contributed by atoms with van der Waals surface area (Å²) in [6.07, 6.45) is 0. The first-order valence-corrected chi connectivity index (χ1v) is 6.63. The summed E-state index contributed by atoms with van der Waals surface area (Å²) in [5.74, 6) is -1.12. The molecule has 0 bridgehead atoms. The van der Waals surface area contributed by atoms with Gasteiger partial charge in [-0.3, -0.25) is 9.59 Å². The second-order valence-corrected chi connectivity index (χ2v) is 5.24. The van der Waals surface area contributed by atoms with Gasteiger partial charge in [-0.2, -0.15) is 0 Å². The highest BCUT2D eigenvalue weighted by Gasteiger charge is 2.11. The highest BCUT2D eigenvalue weighted by Crippen LogP contribution is 2.15. The van der Waals surface area contributed by atoms with Crippen molar-refractivity contribution in [3.8, 4) is 0 Å². The lowest BCUT2D eigenvalue weighted by atomic mass is 10.2.